The summed E-state index contributed by atoms with van der Waals surface area (Å²) in [6.07, 6.45) is 3.48. The number of carbonyl (C=O) groups is 1. The molecule has 5 heteroatoms. The summed E-state index contributed by atoms with van der Waals surface area (Å²) in [6, 6.07) is 0.318. The third kappa shape index (κ3) is 4.14. The molecule has 1 heterocycles. The van der Waals surface area contributed by atoms with Gasteiger partial charge in [0, 0.05) is 12.6 Å². The Kier molecular flexibility index (Phi) is 4.12. The van der Waals surface area contributed by atoms with E-state index < -0.39 is 11.7 Å². The number of nitrogens with one attached hydrogen (secondary N) is 3. The van der Waals surface area contributed by atoms with Crippen molar-refractivity contribution in [3.8, 4) is 0 Å². The Morgan fingerprint density at radius 1 is 1.28 bits per heavy atom. The Morgan fingerprint density at radius 3 is 2.61 bits per heavy atom. The van der Waals surface area contributed by atoms with E-state index in [9.17, 15) is 4.79 Å². The molecular weight excluding hydrogens is 230 g/mol. The van der Waals surface area contributed by atoms with E-state index in [1.54, 1.807) is 0 Å². The third-order valence-electron chi connectivity index (χ3n) is 3.52. The zero-order chi connectivity index (χ0) is 13.2. The average Bonchev–Trinajstić information content (AvgIpc) is 3.08. The fourth-order valence-corrected chi connectivity index (χ4v) is 2.58. The van der Waals surface area contributed by atoms with Crippen LogP contribution in [0.3, 0.4) is 0 Å². The fourth-order valence-electron chi connectivity index (χ4n) is 2.58. The summed E-state index contributed by atoms with van der Waals surface area (Å²) in [5, 5.41) is 3.36. The predicted molar refractivity (Wildman–Crippen MR) is 70.0 cm³/mol. The van der Waals surface area contributed by atoms with Crippen molar-refractivity contribution in [2.75, 3.05) is 13.1 Å². The second-order valence-electron chi connectivity index (χ2n) is 6.37. The van der Waals surface area contributed by atoms with Crippen molar-refractivity contribution in [1.29, 1.82) is 0 Å². The van der Waals surface area contributed by atoms with Crippen LogP contribution in [0.25, 0.3) is 0 Å². The number of rotatable bonds is 3. The van der Waals surface area contributed by atoms with E-state index in [0.29, 0.717) is 12.0 Å². The molecule has 0 bridgehead atoms. The normalized spacial score (nSPS) is 28.8. The van der Waals surface area contributed by atoms with Gasteiger partial charge in [0.05, 0.1) is 0 Å². The van der Waals surface area contributed by atoms with Crippen LogP contribution in [0.15, 0.2) is 0 Å². The van der Waals surface area contributed by atoms with Gasteiger partial charge in [-0.3, -0.25) is 5.43 Å². The van der Waals surface area contributed by atoms with E-state index in [4.69, 9.17) is 4.74 Å². The molecule has 0 aromatic rings. The van der Waals surface area contributed by atoms with Crippen LogP contribution >= 0.6 is 0 Å². The van der Waals surface area contributed by atoms with Crippen LogP contribution in [0, 0.1) is 11.8 Å². The molecule has 1 aliphatic carbocycles. The molecule has 2 fully saturated rings. The van der Waals surface area contributed by atoms with Crippen molar-refractivity contribution in [2.24, 2.45) is 11.8 Å². The van der Waals surface area contributed by atoms with Crippen LogP contribution in [0.1, 0.15) is 40.0 Å². The highest BCUT2D eigenvalue weighted by Crippen LogP contribution is 2.40. The Bertz CT molecular complexity index is 297. The van der Waals surface area contributed by atoms with Crippen LogP contribution in [0.4, 0.5) is 4.79 Å². The molecule has 2 rings (SSSR count). The van der Waals surface area contributed by atoms with Crippen molar-refractivity contribution in [3.05, 3.63) is 0 Å². The zero-order valence-electron chi connectivity index (χ0n) is 11.6. The highest BCUT2D eigenvalue weighted by Gasteiger charge is 2.37. The highest BCUT2D eigenvalue weighted by atomic mass is 16.6. The summed E-state index contributed by atoms with van der Waals surface area (Å²) < 4.78 is 5.21. The van der Waals surface area contributed by atoms with Crippen LogP contribution in [-0.4, -0.2) is 30.8 Å². The number of carbonyl (C=O) groups excluding carboxylic acids is 1. The Balaban J connectivity index is 1.75. The van der Waals surface area contributed by atoms with Gasteiger partial charge in [0.2, 0.25) is 0 Å². The van der Waals surface area contributed by atoms with Gasteiger partial charge in [0.25, 0.3) is 0 Å². The zero-order valence-corrected chi connectivity index (χ0v) is 11.6. The molecule has 1 saturated heterocycles. The molecule has 0 aromatic heterocycles. The molecule has 0 radical (unpaired) electrons. The number of hydrogen-bond donors (Lipinski definition) is 3. The quantitative estimate of drug-likeness (QED) is 0.667. The Hall–Kier alpha value is -0.810. The first-order valence-electron chi connectivity index (χ1n) is 6.91. The Morgan fingerprint density at radius 2 is 2.00 bits per heavy atom. The van der Waals surface area contributed by atoms with Gasteiger partial charge in [0.15, 0.2) is 0 Å². The van der Waals surface area contributed by atoms with Gasteiger partial charge in [-0.1, -0.05) is 0 Å². The van der Waals surface area contributed by atoms with Gasteiger partial charge in [-0.2, -0.15) is 0 Å². The minimum atomic E-state index is -0.452. The molecule has 1 saturated carbocycles. The van der Waals surface area contributed by atoms with E-state index in [-0.39, 0.29) is 0 Å². The molecule has 1 aliphatic heterocycles. The fraction of sp³-hybridized carbons (Fsp3) is 0.923. The largest absolute Gasteiger partial charge is 0.443 e. The van der Waals surface area contributed by atoms with Crippen LogP contribution in [0.5, 0.6) is 0 Å². The van der Waals surface area contributed by atoms with Crippen molar-refractivity contribution in [2.45, 2.75) is 51.7 Å². The van der Waals surface area contributed by atoms with Crippen LogP contribution in [-0.2, 0) is 4.74 Å². The number of ether oxygens (including phenoxy) is 1. The lowest BCUT2D eigenvalue weighted by atomic mass is 9.89. The van der Waals surface area contributed by atoms with Gasteiger partial charge >= 0.3 is 6.09 Å². The number of piperidine rings is 1. The maximum absolute atomic E-state index is 11.6. The van der Waals surface area contributed by atoms with Crippen LogP contribution < -0.4 is 16.2 Å². The van der Waals surface area contributed by atoms with Gasteiger partial charge in [0.1, 0.15) is 5.60 Å². The molecule has 1 amide bonds. The SMILES string of the molecule is CC(C)(C)OC(=O)NN[C@@H]1CNCC[C@H]1C1CC1. The molecule has 0 spiro atoms. The minimum Gasteiger partial charge on any atom is -0.443 e. The van der Waals surface area contributed by atoms with Gasteiger partial charge in [-0.25, -0.2) is 10.2 Å². The summed E-state index contributed by atoms with van der Waals surface area (Å²) in [6.45, 7) is 7.59. The first kappa shape index (κ1) is 13.6. The summed E-state index contributed by atoms with van der Waals surface area (Å²) in [7, 11) is 0. The monoisotopic (exact) mass is 255 g/mol. The van der Waals surface area contributed by atoms with E-state index in [1.807, 2.05) is 20.8 Å². The lowest BCUT2D eigenvalue weighted by Gasteiger charge is -2.33. The topological polar surface area (TPSA) is 62.4 Å². The maximum atomic E-state index is 11.6. The first-order valence-corrected chi connectivity index (χ1v) is 6.91. The molecule has 2 atom stereocenters. The number of hydrazine groups is 1. The smallest absolute Gasteiger partial charge is 0.422 e. The second-order valence-corrected chi connectivity index (χ2v) is 6.37. The lowest BCUT2D eigenvalue weighted by Crippen LogP contribution is -2.56. The molecule has 3 N–H and O–H groups in total. The molecule has 0 aromatic carbocycles. The molecule has 104 valence electrons. The number of amides is 1. The van der Waals surface area contributed by atoms with E-state index in [2.05, 4.69) is 16.2 Å². The maximum Gasteiger partial charge on any atom is 0.422 e. The van der Waals surface area contributed by atoms with E-state index >= 15 is 0 Å². The van der Waals surface area contributed by atoms with Crippen molar-refractivity contribution in [1.82, 2.24) is 16.2 Å². The van der Waals surface area contributed by atoms with E-state index in [1.165, 1.54) is 19.3 Å². The van der Waals surface area contributed by atoms with E-state index in [0.717, 1.165) is 19.0 Å². The van der Waals surface area contributed by atoms with Crippen LogP contribution in [0.2, 0.25) is 0 Å². The van der Waals surface area contributed by atoms with Gasteiger partial charge in [-0.05, 0) is 58.4 Å². The molecular formula is C13H25N3O2. The summed E-state index contributed by atoms with van der Waals surface area (Å²) in [5.41, 5.74) is 5.35. The second kappa shape index (κ2) is 5.45. The summed E-state index contributed by atoms with van der Waals surface area (Å²) in [4.78, 5) is 11.6. The lowest BCUT2D eigenvalue weighted by molar-refractivity contribution is 0.0471. The predicted octanol–water partition coefficient (Wildman–Crippen LogP) is 1.40. The van der Waals surface area contributed by atoms with Gasteiger partial charge < -0.3 is 10.1 Å². The highest BCUT2D eigenvalue weighted by molar-refractivity contribution is 5.67. The molecule has 2 aliphatic rings. The third-order valence-corrected chi connectivity index (χ3v) is 3.52. The van der Waals surface area contributed by atoms with Crippen molar-refractivity contribution < 1.29 is 9.53 Å². The Labute approximate surface area is 109 Å². The minimum absolute atomic E-state index is 0.318. The molecule has 5 nitrogen and oxygen atoms in total. The summed E-state index contributed by atoms with van der Waals surface area (Å²) >= 11 is 0. The average molecular weight is 255 g/mol. The van der Waals surface area contributed by atoms with Crippen molar-refractivity contribution in [3.63, 3.8) is 0 Å². The number of hydrogen-bond acceptors (Lipinski definition) is 4. The molecule has 0 unspecified atom stereocenters. The standard InChI is InChI=1S/C13H25N3O2/c1-13(2,3)18-12(17)16-15-11-8-14-7-6-10(11)9-4-5-9/h9-11,14-15H,4-8H2,1-3H3,(H,16,17)/t10-,11+/m0/s1. The van der Waals surface area contributed by atoms with Gasteiger partial charge in [-0.15, -0.1) is 0 Å². The first-order chi connectivity index (χ1) is 8.46. The van der Waals surface area contributed by atoms with Crippen molar-refractivity contribution >= 4 is 6.09 Å². The summed E-state index contributed by atoms with van der Waals surface area (Å²) in [5.74, 6) is 1.53. The molecule has 18 heavy (non-hydrogen) atoms.